The van der Waals surface area contributed by atoms with Crippen molar-refractivity contribution in [2.24, 2.45) is 0 Å². The monoisotopic (exact) mass is 453 g/mol. The molecule has 0 saturated carbocycles. The van der Waals surface area contributed by atoms with Crippen molar-refractivity contribution >= 4 is 11.7 Å². The number of methoxy groups -OCH3 is 1. The lowest BCUT2D eigenvalue weighted by Gasteiger charge is -2.51. The highest BCUT2D eigenvalue weighted by Crippen LogP contribution is 2.40. The van der Waals surface area contributed by atoms with Gasteiger partial charge in [-0.05, 0) is 62.8 Å². The molecule has 6 nitrogen and oxygen atoms in total. The van der Waals surface area contributed by atoms with Crippen LogP contribution in [0.5, 0.6) is 5.75 Å². The number of likely N-dealkylation sites (tertiary alicyclic amines) is 1. The number of benzene rings is 1. The average molecular weight is 454 g/mol. The molecule has 1 aromatic heterocycles. The number of carbonyl (C=O) groups is 2. The molecule has 4 rings (SSSR count). The van der Waals surface area contributed by atoms with Gasteiger partial charge in [-0.15, -0.1) is 0 Å². The lowest BCUT2D eigenvalue weighted by Crippen LogP contribution is -2.63. The zero-order chi connectivity index (χ0) is 24.2. The number of fused-ring (bicyclic) bond motifs is 2. The molecule has 2 aliphatic rings. The lowest BCUT2D eigenvalue weighted by molar-refractivity contribution is 0.0521. The van der Waals surface area contributed by atoms with Crippen LogP contribution in [0.2, 0.25) is 0 Å². The van der Waals surface area contributed by atoms with Crippen LogP contribution in [-0.4, -0.2) is 46.9 Å². The van der Waals surface area contributed by atoms with E-state index in [0.29, 0.717) is 18.7 Å². The van der Waals surface area contributed by atoms with Crippen molar-refractivity contribution in [2.45, 2.75) is 77.4 Å². The Hall–Kier alpha value is -2.60. The molecule has 0 unspecified atom stereocenters. The topological polar surface area (TPSA) is 63.6 Å². The summed E-state index contributed by atoms with van der Waals surface area (Å²) in [6.07, 6.45) is 3.60. The molecule has 1 spiro atoms. The summed E-state index contributed by atoms with van der Waals surface area (Å²) >= 11 is 0. The minimum atomic E-state index is -0.236. The number of Topliss-reactive ketones (excluding diaryl/α,β-unsaturated/α-hetero) is 1. The summed E-state index contributed by atoms with van der Waals surface area (Å²) in [5.74, 6) is 0.885. The van der Waals surface area contributed by atoms with E-state index in [1.54, 1.807) is 14.0 Å². The summed E-state index contributed by atoms with van der Waals surface area (Å²) in [5, 5.41) is 3.87. The maximum atomic E-state index is 13.4. The normalized spacial score (nSPS) is 19.3. The van der Waals surface area contributed by atoms with Gasteiger partial charge in [-0.1, -0.05) is 26.8 Å². The highest BCUT2D eigenvalue weighted by atomic mass is 16.5. The van der Waals surface area contributed by atoms with Gasteiger partial charge in [0.1, 0.15) is 5.75 Å². The van der Waals surface area contributed by atoms with E-state index < -0.39 is 0 Å². The van der Waals surface area contributed by atoms with Gasteiger partial charge in [0.25, 0.3) is 5.91 Å². The van der Waals surface area contributed by atoms with Gasteiger partial charge in [0.2, 0.25) is 0 Å². The number of aromatic nitrogens is 1. The Bertz CT molecular complexity index is 1090. The molecular weight excluding hydrogens is 414 g/mol. The minimum Gasteiger partial charge on any atom is -0.496 e. The Morgan fingerprint density at radius 2 is 1.76 bits per heavy atom. The molecule has 0 aliphatic carbocycles. The van der Waals surface area contributed by atoms with Crippen molar-refractivity contribution in [1.82, 2.24) is 14.8 Å². The number of ketones is 1. The van der Waals surface area contributed by atoms with E-state index in [0.717, 1.165) is 42.0 Å². The number of carbonyl (C=O) groups excluding carboxylic acids is 2. The number of hydrogen-bond donors (Lipinski definition) is 1. The highest BCUT2D eigenvalue weighted by molar-refractivity contribution is 5.95. The van der Waals surface area contributed by atoms with Crippen molar-refractivity contribution in [3.63, 3.8) is 0 Å². The first kappa shape index (κ1) is 23.6. The lowest BCUT2D eigenvalue weighted by atomic mass is 9.79. The Morgan fingerprint density at radius 3 is 2.33 bits per heavy atom. The Morgan fingerprint density at radius 1 is 1.09 bits per heavy atom. The summed E-state index contributed by atoms with van der Waals surface area (Å²) in [6, 6.07) is 7.85. The summed E-state index contributed by atoms with van der Waals surface area (Å²) in [6.45, 7) is 14.6. The smallest absolute Gasteiger partial charge is 0.253 e. The molecule has 33 heavy (non-hydrogen) atoms. The fourth-order valence-electron chi connectivity index (χ4n) is 5.52. The number of piperidine rings is 1. The molecule has 0 radical (unpaired) electrons. The average Bonchev–Trinajstić information content (AvgIpc) is 3.16. The first-order valence-corrected chi connectivity index (χ1v) is 11.8. The summed E-state index contributed by atoms with van der Waals surface area (Å²) < 4.78 is 7.85. The first-order valence-electron chi connectivity index (χ1n) is 11.8. The maximum absolute atomic E-state index is 13.4. The summed E-state index contributed by atoms with van der Waals surface area (Å²) in [5.41, 5.74) is 3.29. The van der Waals surface area contributed by atoms with Gasteiger partial charge in [-0.3, -0.25) is 14.9 Å². The quantitative estimate of drug-likeness (QED) is 0.681. The van der Waals surface area contributed by atoms with E-state index in [1.807, 2.05) is 35.4 Å². The second-order valence-corrected chi connectivity index (χ2v) is 11.3. The number of ether oxygens (including phenoxy) is 1. The van der Waals surface area contributed by atoms with Gasteiger partial charge < -0.3 is 14.2 Å². The van der Waals surface area contributed by atoms with Gasteiger partial charge in [0.15, 0.2) is 5.78 Å². The molecule has 1 amide bonds. The Labute approximate surface area is 198 Å². The molecule has 6 heteroatoms. The molecule has 1 aromatic carbocycles. The van der Waals surface area contributed by atoms with Crippen molar-refractivity contribution in [3.8, 4) is 5.75 Å². The standard InChI is InChI=1S/C27H37N3O3.H2/c1-18(31)20-15-23-27(28-26(5,6)17-30(23)16-20)10-12-29(13-11-27)24(32)19-8-9-21(25(2,3)4)22(14-19)33-7;/h8-9,14-16,28H,10-13,17H2,1-7H3;1H. The van der Waals surface area contributed by atoms with Crippen molar-refractivity contribution in [2.75, 3.05) is 20.2 Å². The zero-order valence-electron chi connectivity index (χ0n) is 21.0. The predicted octanol–water partition coefficient (Wildman–Crippen LogP) is 4.76. The number of nitrogens with zero attached hydrogens (tertiary/aromatic N) is 2. The van der Waals surface area contributed by atoms with Crippen LogP contribution in [0.4, 0.5) is 0 Å². The van der Waals surface area contributed by atoms with E-state index in [9.17, 15) is 9.59 Å². The van der Waals surface area contributed by atoms with E-state index in [2.05, 4.69) is 44.5 Å². The van der Waals surface area contributed by atoms with Crippen LogP contribution in [0, 0.1) is 0 Å². The second-order valence-electron chi connectivity index (χ2n) is 11.3. The van der Waals surface area contributed by atoms with Crippen LogP contribution in [-0.2, 0) is 17.5 Å². The van der Waals surface area contributed by atoms with Crippen molar-refractivity contribution in [3.05, 3.63) is 52.8 Å². The first-order chi connectivity index (χ1) is 15.3. The third kappa shape index (κ3) is 4.33. The van der Waals surface area contributed by atoms with E-state index in [1.165, 1.54) is 0 Å². The third-order valence-electron chi connectivity index (χ3n) is 7.10. The van der Waals surface area contributed by atoms with E-state index in [4.69, 9.17) is 4.74 Å². The fourth-order valence-corrected chi connectivity index (χ4v) is 5.52. The van der Waals surface area contributed by atoms with Gasteiger partial charge >= 0.3 is 0 Å². The molecule has 0 atom stereocenters. The Kier molecular flexibility index (Phi) is 5.72. The van der Waals surface area contributed by atoms with Crippen molar-refractivity contribution in [1.29, 1.82) is 0 Å². The summed E-state index contributed by atoms with van der Waals surface area (Å²) in [7, 11) is 1.66. The van der Waals surface area contributed by atoms with Gasteiger partial charge in [-0.2, -0.15) is 0 Å². The fraction of sp³-hybridized carbons (Fsp3) is 0.556. The number of hydrogen-bond acceptors (Lipinski definition) is 4. The molecule has 2 aromatic rings. The maximum Gasteiger partial charge on any atom is 0.253 e. The molecule has 1 saturated heterocycles. The molecule has 2 aliphatic heterocycles. The SMILES string of the molecule is COc1cc(C(=O)N2CCC3(CC2)NC(C)(C)Cn2cc(C(C)=O)cc23)ccc1C(C)(C)C.[HH]. The largest absolute Gasteiger partial charge is 0.496 e. The predicted molar refractivity (Wildman–Crippen MR) is 132 cm³/mol. The number of rotatable bonds is 3. The highest BCUT2D eigenvalue weighted by Gasteiger charge is 2.46. The van der Waals surface area contributed by atoms with Crippen LogP contribution in [0.1, 0.15) is 87.8 Å². The van der Waals surface area contributed by atoms with Crippen LogP contribution in [0.15, 0.2) is 30.5 Å². The van der Waals surface area contributed by atoms with Crippen LogP contribution >= 0.6 is 0 Å². The molecule has 3 heterocycles. The van der Waals surface area contributed by atoms with Crippen LogP contribution in [0.3, 0.4) is 0 Å². The van der Waals surface area contributed by atoms with Gasteiger partial charge in [0, 0.05) is 49.6 Å². The molecule has 1 fully saturated rings. The van der Waals surface area contributed by atoms with Gasteiger partial charge in [-0.25, -0.2) is 0 Å². The van der Waals surface area contributed by atoms with E-state index in [-0.39, 0.29) is 29.6 Å². The van der Waals surface area contributed by atoms with Gasteiger partial charge in [0.05, 0.1) is 12.6 Å². The molecule has 1 N–H and O–H groups in total. The number of amides is 1. The van der Waals surface area contributed by atoms with E-state index >= 15 is 0 Å². The van der Waals surface area contributed by atoms with Crippen LogP contribution < -0.4 is 10.1 Å². The molecule has 180 valence electrons. The van der Waals surface area contributed by atoms with Crippen LogP contribution in [0.25, 0.3) is 0 Å². The molecule has 0 bridgehead atoms. The summed E-state index contributed by atoms with van der Waals surface area (Å²) in [4.78, 5) is 27.3. The zero-order valence-corrected chi connectivity index (χ0v) is 21.0. The van der Waals surface area contributed by atoms with Crippen molar-refractivity contribution < 1.29 is 15.8 Å². The second kappa shape index (κ2) is 8.01. The molecular formula is C27H39N3O3. The Balaban J connectivity index is 0.00000324. The number of nitrogens with one attached hydrogen (secondary N) is 1. The third-order valence-corrected chi connectivity index (χ3v) is 7.10. The minimum absolute atomic E-state index is 0.